The van der Waals surface area contributed by atoms with Crippen molar-refractivity contribution in [3.63, 3.8) is 0 Å². The average Bonchev–Trinajstić information content (AvgIpc) is 2.63. The standard InChI is InChI=1S/C15H11BF2/c1-7-3-5-9-10-6-4-8(2)15(18)12(10)13(16)11(9)14(7)17/h3-6,13H,1-2H3. The van der Waals surface area contributed by atoms with Crippen molar-refractivity contribution in [3.8, 4) is 11.1 Å². The molecule has 0 amide bonds. The highest BCUT2D eigenvalue weighted by Crippen LogP contribution is 2.46. The van der Waals surface area contributed by atoms with Crippen LogP contribution in [-0.4, -0.2) is 7.85 Å². The van der Waals surface area contributed by atoms with Crippen molar-refractivity contribution in [2.45, 2.75) is 19.7 Å². The maximum absolute atomic E-state index is 14.1. The van der Waals surface area contributed by atoms with Crippen molar-refractivity contribution < 1.29 is 8.78 Å². The van der Waals surface area contributed by atoms with Crippen LogP contribution in [0.5, 0.6) is 0 Å². The lowest BCUT2D eigenvalue weighted by atomic mass is 9.78. The van der Waals surface area contributed by atoms with E-state index in [1.807, 2.05) is 12.1 Å². The van der Waals surface area contributed by atoms with E-state index in [1.54, 1.807) is 26.0 Å². The molecule has 0 atom stereocenters. The molecule has 0 unspecified atom stereocenters. The topological polar surface area (TPSA) is 0 Å². The quantitative estimate of drug-likeness (QED) is 0.614. The summed E-state index contributed by atoms with van der Waals surface area (Å²) < 4.78 is 28.3. The Bertz CT molecular complexity index is 605. The van der Waals surface area contributed by atoms with Gasteiger partial charge in [0.25, 0.3) is 0 Å². The minimum Gasteiger partial charge on any atom is -0.206 e. The molecule has 88 valence electrons. The van der Waals surface area contributed by atoms with Crippen molar-refractivity contribution in [2.75, 3.05) is 0 Å². The summed E-state index contributed by atoms with van der Waals surface area (Å²) in [5.74, 6) is -1.36. The lowest BCUT2D eigenvalue weighted by Gasteiger charge is -2.10. The van der Waals surface area contributed by atoms with E-state index in [9.17, 15) is 8.78 Å². The first-order chi connectivity index (χ1) is 8.52. The van der Waals surface area contributed by atoms with Gasteiger partial charge in [-0.05, 0) is 53.0 Å². The van der Waals surface area contributed by atoms with Gasteiger partial charge in [-0.15, -0.1) is 0 Å². The molecule has 1 aliphatic carbocycles. The fourth-order valence-electron chi connectivity index (χ4n) is 2.63. The van der Waals surface area contributed by atoms with Crippen LogP contribution in [-0.2, 0) is 0 Å². The Labute approximate surface area is 106 Å². The van der Waals surface area contributed by atoms with Crippen LogP contribution >= 0.6 is 0 Å². The molecule has 0 fully saturated rings. The second kappa shape index (κ2) is 3.68. The third-order valence-electron chi connectivity index (χ3n) is 3.66. The van der Waals surface area contributed by atoms with Gasteiger partial charge in [0.15, 0.2) is 0 Å². The number of halogens is 2. The Morgan fingerprint density at radius 3 is 1.61 bits per heavy atom. The van der Waals surface area contributed by atoms with Gasteiger partial charge in [-0.1, -0.05) is 24.3 Å². The van der Waals surface area contributed by atoms with Gasteiger partial charge < -0.3 is 0 Å². The van der Waals surface area contributed by atoms with Crippen molar-refractivity contribution in [2.24, 2.45) is 0 Å². The van der Waals surface area contributed by atoms with Gasteiger partial charge in [-0.3, -0.25) is 0 Å². The highest BCUT2D eigenvalue weighted by Gasteiger charge is 2.31. The fourth-order valence-corrected chi connectivity index (χ4v) is 2.63. The van der Waals surface area contributed by atoms with Crippen LogP contribution < -0.4 is 0 Å². The second-order valence-corrected chi connectivity index (χ2v) is 4.79. The fraction of sp³-hybridized carbons (Fsp3) is 0.200. The summed E-state index contributed by atoms with van der Waals surface area (Å²) in [6.07, 6.45) is 0. The van der Waals surface area contributed by atoms with E-state index in [0.29, 0.717) is 33.4 Å². The third-order valence-corrected chi connectivity index (χ3v) is 3.66. The Morgan fingerprint density at radius 2 is 1.22 bits per heavy atom. The first-order valence-corrected chi connectivity index (χ1v) is 5.86. The lowest BCUT2D eigenvalue weighted by molar-refractivity contribution is 0.593. The van der Waals surface area contributed by atoms with Crippen LogP contribution in [0.4, 0.5) is 8.78 Å². The summed E-state index contributed by atoms with van der Waals surface area (Å²) in [5, 5.41) is 0. The molecule has 0 saturated heterocycles. The molecule has 3 heteroatoms. The van der Waals surface area contributed by atoms with Crippen LogP contribution in [0, 0.1) is 25.5 Å². The van der Waals surface area contributed by atoms with E-state index in [2.05, 4.69) is 0 Å². The maximum Gasteiger partial charge on any atom is 0.129 e. The smallest absolute Gasteiger partial charge is 0.129 e. The zero-order valence-electron chi connectivity index (χ0n) is 10.2. The zero-order valence-corrected chi connectivity index (χ0v) is 10.2. The van der Waals surface area contributed by atoms with Gasteiger partial charge in [0.2, 0.25) is 0 Å². The molecule has 0 heterocycles. The van der Waals surface area contributed by atoms with Crippen LogP contribution in [0.1, 0.15) is 28.1 Å². The molecule has 1 aliphatic rings. The van der Waals surface area contributed by atoms with Gasteiger partial charge in [-0.2, -0.15) is 0 Å². The monoisotopic (exact) mass is 240 g/mol. The molecule has 2 radical (unpaired) electrons. The van der Waals surface area contributed by atoms with E-state index < -0.39 is 5.82 Å². The van der Waals surface area contributed by atoms with Crippen LogP contribution in [0.3, 0.4) is 0 Å². The molecular weight excluding hydrogens is 229 g/mol. The summed E-state index contributed by atoms with van der Waals surface area (Å²) in [6, 6.07) is 7.03. The van der Waals surface area contributed by atoms with Crippen molar-refractivity contribution in [1.82, 2.24) is 0 Å². The molecular formula is C15H11BF2. The molecule has 0 aromatic heterocycles. The van der Waals surface area contributed by atoms with Crippen LogP contribution in [0.2, 0.25) is 0 Å². The summed E-state index contributed by atoms with van der Waals surface area (Å²) in [6.45, 7) is 3.37. The Kier molecular flexibility index (Phi) is 2.34. The number of aryl methyl sites for hydroxylation is 2. The molecule has 0 spiro atoms. The average molecular weight is 240 g/mol. The van der Waals surface area contributed by atoms with E-state index >= 15 is 0 Å². The number of hydrogen-bond acceptors (Lipinski definition) is 0. The minimum absolute atomic E-state index is 0.326. The summed E-state index contributed by atoms with van der Waals surface area (Å²) in [7, 11) is 6.02. The van der Waals surface area contributed by atoms with Crippen LogP contribution in [0.15, 0.2) is 24.3 Å². The van der Waals surface area contributed by atoms with Gasteiger partial charge in [-0.25, -0.2) is 8.78 Å². The minimum atomic E-state index is -0.713. The summed E-state index contributed by atoms with van der Waals surface area (Å²) >= 11 is 0. The number of rotatable bonds is 0. The second-order valence-electron chi connectivity index (χ2n) is 4.79. The predicted octanol–water partition coefficient (Wildman–Crippen LogP) is 3.82. The van der Waals surface area contributed by atoms with Crippen molar-refractivity contribution >= 4 is 7.85 Å². The maximum atomic E-state index is 14.1. The highest BCUT2D eigenvalue weighted by molar-refractivity contribution is 6.17. The lowest BCUT2D eigenvalue weighted by Crippen LogP contribution is -2.02. The molecule has 18 heavy (non-hydrogen) atoms. The molecule has 2 aromatic carbocycles. The number of hydrogen-bond donors (Lipinski definition) is 0. The van der Waals surface area contributed by atoms with Crippen LogP contribution in [0.25, 0.3) is 11.1 Å². The normalized spacial score (nSPS) is 13.6. The molecule has 0 N–H and O–H groups in total. The zero-order chi connectivity index (χ0) is 13.0. The van der Waals surface area contributed by atoms with Gasteiger partial charge in [0.1, 0.15) is 11.6 Å². The molecule has 0 aliphatic heterocycles. The van der Waals surface area contributed by atoms with Gasteiger partial charge in [0.05, 0.1) is 7.85 Å². The molecule has 0 saturated carbocycles. The summed E-state index contributed by atoms with van der Waals surface area (Å²) in [5.41, 5.74) is 3.31. The highest BCUT2D eigenvalue weighted by atomic mass is 19.1. The largest absolute Gasteiger partial charge is 0.206 e. The van der Waals surface area contributed by atoms with Gasteiger partial charge >= 0.3 is 0 Å². The predicted molar refractivity (Wildman–Crippen MR) is 68.9 cm³/mol. The van der Waals surface area contributed by atoms with Crippen molar-refractivity contribution in [3.05, 3.63) is 58.2 Å². The van der Waals surface area contributed by atoms with E-state index in [4.69, 9.17) is 7.85 Å². The van der Waals surface area contributed by atoms with Crippen molar-refractivity contribution in [1.29, 1.82) is 0 Å². The Morgan fingerprint density at radius 1 is 0.833 bits per heavy atom. The number of fused-ring (bicyclic) bond motifs is 3. The van der Waals surface area contributed by atoms with Gasteiger partial charge in [0, 0.05) is 0 Å². The van der Waals surface area contributed by atoms with E-state index in [0.717, 1.165) is 0 Å². The molecule has 2 aromatic rings. The third kappa shape index (κ3) is 1.30. The van der Waals surface area contributed by atoms with E-state index in [-0.39, 0.29) is 11.6 Å². The molecule has 0 nitrogen and oxygen atoms in total. The first kappa shape index (κ1) is 11.5. The Hall–Kier alpha value is -1.64. The molecule has 3 rings (SSSR count). The first-order valence-electron chi connectivity index (χ1n) is 5.86. The Balaban J connectivity index is 2.38. The van der Waals surface area contributed by atoms with E-state index in [1.165, 1.54) is 0 Å². The molecule has 0 bridgehead atoms. The SMILES string of the molecule is [B]C1c2c(ccc(C)c2F)-c2ccc(C)c(F)c21. The number of benzene rings is 2. The summed E-state index contributed by atoms with van der Waals surface area (Å²) in [4.78, 5) is 0.